The van der Waals surface area contributed by atoms with E-state index < -0.39 is 0 Å². The van der Waals surface area contributed by atoms with E-state index in [-0.39, 0.29) is 5.91 Å². The minimum Gasteiger partial charge on any atom is -0.379 e. The van der Waals surface area contributed by atoms with Crippen LogP contribution in [0, 0.1) is 13.8 Å². The molecule has 1 aliphatic heterocycles. The van der Waals surface area contributed by atoms with Gasteiger partial charge in [0.2, 0.25) is 0 Å². The lowest BCUT2D eigenvalue weighted by Crippen LogP contribution is -2.39. The number of anilines is 1. The summed E-state index contributed by atoms with van der Waals surface area (Å²) in [6.07, 6.45) is 2.93. The number of thiazole rings is 1. The number of carbonyl (C=O) groups excluding carboxylic acids is 1. The lowest BCUT2D eigenvalue weighted by Gasteiger charge is -2.27. The van der Waals surface area contributed by atoms with Gasteiger partial charge in [0.1, 0.15) is 0 Å². The molecule has 2 aromatic carbocycles. The highest BCUT2D eigenvalue weighted by atomic mass is 32.2. The van der Waals surface area contributed by atoms with Crippen LogP contribution < -0.4 is 4.90 Å². The third-order valence-electron chi connectivity index (χ3n) is 5.83. The van der Waals surface area contributed by atoms with Crippen molar-refractivity contribution in [3.63, 3.8) is 0 Å². The third-order valence-corrected chi connectivity index (χ3v) is 7.59. The van der Waals surface area contributed by atoms with Crippen molar-refractivity contribution in [3.05, 3.63) is 53.1 Å². The smallest absolute Gasteiger partial charge is 0.260 e. The van der Waals surface area contributed by atoms with Crippen molar-refractivity contribution in [2.45, 2.75) is 25.2 Å². The van der Waals surface area contributed by atoms with Crippen molar-refractivity contribution >= 4 is 44.4 Å². The molecule has 31 heavy (non-hydrogen) atoms. The SMILES string of the molecule is CSc1cccc(C(=O)N(CCCN2CCOCC2)c2nc3c(C)c(C)ccc3s2)c1. The summed E-state index contributed by atoms with van der Waals surface area (Å²) in [4.78, 5) is 23.9. The third kappa shape index (κ3) is 5.12. The molecule has 0 atom stereocenters. The molecule has 1 aromatic heterocycles. The number of hydrogen-bond donors (Lipinski definition) is 0. The fourth-order valence-corrected chi connectivity index (χ4v) is 5.31. The van der Waals surface area contributed by atoms with E-state index in [1.54, 1.807) is 23.1 Å². The lowest BCUT2D eigenvalue weighted by molar-refractivity contribution is 0.0376. The van der Waals surface area contributed by atoms with E-state index in [1.807, 2.05) is 35.4 Å². The van der Waals surface area contributed by atoms with E-state index in [0.29, 0.717) is 12.1 Å². The number of benzene rings is 2. The first kappa shape index (κ1) is 22.3. The fourth-order valence-electron chi connectivity index (χ4n) is 3.80. The molecule has 0 radical (unpaired) electrons. The Morgan fingerprint density at radius 1 is 1.23 bits per heavy atom. The first-order valence-corrected chi connectivity index (χ1v) is 12.7. The number of aryl methyl sites for hydroxylation is 2. The Labute approximate surface area is 192 Å². The predicted molar refractivity (Wildman–Crippen MR) is 131 cm³/mol. The van der Waals surface area contributed by atoms with E-state index in [0.717, 1.165) is 59.5 Å². The number of thioether (sulfide) groups is 1. The van der Waals surface area contributed by atoms with Gasteiger partial charge in [-0.15, -0.1) is 11.8 Å². The Bertz CT molecular complexity index is 1060. The Hall–Kier alpha value is -1.93. The van der Waals surface area contributed by atoms with Gasteiger partial charge in [0, 0.05) is 36.6 Å². The number of morpholine rings is 1. The summed E-state index contributed by atoms with van der Waals surface area (Å²) in [6, 6.07) is 12.1. The average Bonchev–Trinajstić information content (AvgIpc) is 3.24. The number of aromatic nitrogens is 1. The molecule has 0 unspecified atom stereocenters. The summed E-state index contributed by atoms with van der Waals surface area (Å²) < 4.78 is 6.58. The fraction of sp³-hybridized carbons (Fsp3) is 0.417. The molecule has 1 aliphatic rings. The van der Waals surface area contributed by atoms with Gasteiger partial charge in [-0.3, -0.25) is 14.6 Å². The molecule has 0 spiro atoms. The second kappa shape index (κ2) is 10.1. The Morgan fingerprint density at radius 2 is 2.03 bits per heavy atom. The van der Waals surface area contributed by atoms with Gasteiger partial charge >= 0.3 is 0 Å². The molecule has 4 rings (SSSR count). The van der Waals surface area contributed by atoms with Crippen LogP contribution in [0.25, 0.3) is 10.2 Å². The number of ether oxygens (including phenoxy) is 1. The molecule has 164 valence electrons. The predicted octanol–water partition coefficient (Wildman–Crippen LogP) is 5.00. The molecule has 1 amide bonds. The van der Waals surface area contributed by atoms with Crippen LogP contribution in [0.2, 0.25) is 0 Å². The molecule has 5 nitrogen and oxygen atoms in total. The number of hydrogen-bond acceptors (Lipinski definition) is 6. The first-order chi connectivity index (χ1) is 15.1. The van der Waals surface area contributed by atoms with Crippen LogP contribution in [0.15, 0.2) is 41.3 Å². The molecular weight excluding hydrogens is 426 g/mol. The maximum Gasteiger partial charge on any atom is 0.260 e. The van der Waals surface area contributed by atoms with E-state index in [4.69, 9.17) is 9.72 Å². The van der Waals surface area contributed by atoms with Crippen molar-refractivity contribution in [2.24, 2.45) is 0 Å². The molecule has 0 N–H and O–H groups in total. The summed E-state index contributed by atoms with van der Waals surface area (Å²) in [6.45, 7) is 9.33. The maximum absolute atomic E-state index is 13.6. The van der Waals surface area contributed by atoms with Crippen LogP contribution >= 0.6 is 23.1 Å². The second-order valence-electron chi connectivity index (χ2n) is 7.85. The topological polar surface area (TPSA) is 45.7 Å². The highest BCUT2D eigenvalue weighted by Crippen LogP contribution is 2.33. The quantitative estimate of drug-likeness (QED) is 0.469. The number of amides is 1. The summed E-state index contributed by atoms with van der Waals surface area (Å²) in [5, 5.41) is 0.783. The number of nitrogens with zero attached hydrogens (tertiary/aromatic N) is 3. The molecule has 0 bridgehead atoms. The van der Waals surface area contributed by atoms with Gasteiger partial charge in [0.05, 0.1) is 23.4 Å². The van der Waals surface area contributed by atoms with Gasteiger partial charge < -0.3 is 4.74 Å². The van der Waals surface area contributed by atoms with E-state index >= 15 is 0 Å². The van der Waals surface area contributed by atoms with E-state index in [9.17, 15) is 4.79 Å². The monoisotopic (exact) mass is 455 g/mol. The molecule has 7 heteroatoms. The molecule has 1 fully saturated rings. The standard InChI is InChI=1S/C24H29N3O2S2/c1-17-8-9-21-22(18(17)2)25-24(31-21)27(11-5-10-26-12-14-29-15-13-26)23(28)19-6-4-7-20(16-19)30-3/h4,6-9,16H,5,10-15H2,1-3H3. The average molecular weight is 456 g/mol. The molecular formula is C24H29N3O2S2. The molecule has 2 heterocycles. The number of carbonyl (C=O) groups is 1. The summed E-state index contributed by atoms with van der Waals surface area (Å²) in [5.41, 5.74) is 4.13. The largest absolute Gasteiger partial charge is 0.379 e. The maximum atomic E-state index is 13.6. The zero-order valence-electron chi connectivity index (χ0n) is 18.4. The van der Waals surface area contributed by atoms with Gasteiger partial charge in [-0.05, 0) is 61.9 Å². The number of fused-ring (bicyclic) bond motifs is 1. The normalized spacial score (nSPS) is 14.8. The Balaban J connectivity index is 1.61. The first-order valence-electron chi connectivity index (χ1n) is 10.7. The van der Waals surface area contributed by atoms with Crippen LogP contribution in [0.1, 0.15) is 27.9 Å². The molecule has 0 saturated carbocycles. The van der Waals surface area contributed by atoms with Gasteiger partial charge in [-0.1, -0.05) is 23.5 Å². The van der Waals surface area contributed by atoms with Crippen molar-refractivity contribution in [1.29, 1.82) is 0 Å². The molecule has 0 aliphatic carbocycles. The van der Waals surface area contributed by atoms with Crippen molar-refractivity contribution in [3.8, 4) is 0 Å². The van der Waals surface area contributed by atoms with Crippen molar-refractivity contribution in [1.82, 2.24) is 9.88 Å². The molecule has 1 saturated heterocycles. The van der Waals surface area contributed by atoms with Crippen LogP contribution in [-0.2, 0) is 4.74 Å². The summed E-state index contributed by atoms with van der Waals surface area (Å²) >= 11 is 3.25. The minimum atomic E-state index is 0.0197. The van der Waals surface area contributed by atoms with Crippen LogP contribution in [0.4, 0.5) is 5.13 Å². The Kier molecular flexibility index (Phi) is 7.27. The van der Waals surface area contributed by atoms with Crippen LogP contribution in [0.5, 0.6) is 0 Å². The van der Waals surface area contributed by atoms with E-state index in [2.05, 4.69) is 30.9 Å². The molecule has 3 aromatic rings. The van der Waals surface area contributed by atoms with Crippen LogP contribution in [0.3, 0.4) is 0 Å². The zero-order valence-corrected chi connectivity index (χ0v) is 20.0. The number of rotatable bonds is 7. The van der Waals surface area contributed by atoms with Crippen molar-refractivity contribution in [2.75, 3.05) is 50.5 Å². The Morgan fingerprint density at radius 3 is 2.81 bits per heavy atom. The lowest BCUT2D eigenvalue weighted by atomic mass is 10.1. The van der Waals surface area contributed by atoms with Gasteiger partial charge in [0.25, 0.3) is 5.91 Å². The summed E-state index contributed by atoms with van der Waals surface area (Å²) in [7, 11) is 0. The minimum absolute atomic E-state index is 0.0197. The summed E-state index contributed by atoms with van der Waals surface area (Å²) in [5.74, 6) is 0.0197. The zero-order chi connectivity index (χ0) is 21.8. The van der Waals surface area contributed by atoms with E-state index in [1.165, 1.54) is 11.1 Å². The highest BCUT2D eigenvalue weighted by Gasteiger charge is 2.22. The van der Waals surface area contributed by atoms with Crippen molar-refractivity contribution < 1.29 is 9.53 Å². The highest BCUT2D eigenvalue weighted by molar-refractivity contribution is 7.98. The van der Waals surface area contributed by atoms with Crippen LogP contribution in [-0.4, -0.2) is 61.4 Å². The van der Waals surface area contributed by atoms with Gasteiger partial charge in [-0.2, -0.15) is 0 Å². The van der Waals surface area contributed by atoms with Gasteiger partial charge in [0.15, 0.2) is 5.13 Å². The van der Waals surface area contributed by atoms with Gasteiger partial charge in [-0.25, -0.2) is 4.98 Å². The second-order valence-corrected chi connectivity index (χ2v) is 9.74.